The van der Waals surface area contributed by atoms with Crippen molar-refractivity contribution in [1.82, 2.24) is 4.98 Å². The van der Waals surface area contributed by atoms with Crippen LogP contribution in [-0.4, -0.2) is 10.9 Å². The molecule has 2 aromatic carbocycles. The Morgan fingerprint density at radius 1 is 1.00 bits per heavy atom. The van der Waals surface area contributed by atoms with E-state index in [4.69, 9.17) is 22.2 Å². The van der Waals surface area contributed by atoms with Crippen LogP contribution in [0.4, 0.5) is 0 Å². The summed E-state index contributed by atoms with van der Waals surface area (Å²) in [5, 5.41) is 0. The van der Waals surface area contributed by atoms with E-state index in [0.29, 0.717) is 30.3 Å². The molecule has 1 aromatic heterocycles. The fraction of sp³-hybridized carbons (Fsp3) is 0.308. The Labute approximate surface area is 219 Å². The van der Waals surface area contributed by atoms with Gasteiger partial charge in [0.05, 0.1) is 0 Å². The number of aryl methyl sites for hydroxylation is 1. The van der Waals surface area contributed by atoms with Gasteiger partial charge in [-0.2, -0.15) is 0 Å². The van der Waals surface area contributed by atoms with Crippen molar-refractivity contribution in [2.24, 2.45) is 23.1 Å². The van der Waals surface area contributed by atoms with Crippen LogP contribution in [0.1, 0.15) is 52.3 Å². The topological polar surface area (TPSA) is 108 Å². The second-order valence-electron chi connectivity index (χ2n) is 8.36. The van der Waals surface area contributed by atoms with Crippen molar-refractivity contribution < 1.29 is 4.79 Å². The summed E-state index contributed by atoms with van der Waals surface area (Å²) in [7, 11) is 0. The first-order chi connectivity index (χ1) is 15.3. The molecule has 0 atom stereocenters. The molecule has 0 aliphatic rings. The molecule has 0 saturated heterocycles. The third-order valence-electron chi connectivity index (χ3n) is 5.48. The minimum absolute atomic E-state index is 0. The third kappa shape index (κ3) is 7.20. The number of carbonyl (C=O) groups excluding carboxylic acids is 1. The zero-order valence-corrected chi connectivity index (χ0v) is 22.3. The van der Waals surface area contributed by atoms with E-state index in [9.17, 15) is 4.79 Å². The number of carbonyl (C=O) groups is 1. The number of hydrogen-bond donors (Lipinski definition) is 3. The van der Waals surface area contributed by atoms with Crippen molar-refractivity contribution >= 4 is 42.5 Å². The first-order valence-electron chi connectivity index (χ1n) is 10.9. The van der Waals surface area contributed by atoms with Gasteiger partial charge in [0, 0.05) is 40.7 Å². The minimum Gasteiger partial charge on any atom is -0.366 e. The Morgan fingerprint density at radius 3 is 2.24 bits per heavy atom. The number of amides is 1. The molecule has 6 N–H and O–H groups in total. The Morgan fingerprint density at radius 2 is 1.68 bits per heavy atom. The van der Waals surface area contributed by atoms with E-state index < -0.39 is 5.91 Å². The number of nitrogens with zero attached hydrogens (tertiary/aromatic N) is 1. The molecular formula is C26H34Cl2N4OS. The fourth-order valence-electron chi connectivity index (χ4n) is 3.85. The number of thioether (sulfide) groups is 1. The van der Waals surface area contributed by atoms with Crippen molar-refractivity contribution in [3.05, 3.63) is 82.2 Å². The lowest BCUT2D eigenvalue weighted by Crippen LogP contribution is -2.13. The largest absolute Gasteiger partial charge is 0.366 e. The number of hydrogen-bond acceptors (Lipinski definition) is 5. The van der Waals surface area contributed by atoms with Gasteiger partial charge in [0.2, 0.25) is 5.91 Å². The molecule has 0 saturated carbocycles. The van der Waals surface area contributed by atoms with Gasteiger partial charge in [0.25, 0.3) is 0 Å². The van der Waals surface area contributed by atoms with Gasteiger partial charge in [-0.25, -0.2) is 0 Å². The van der Waals surface area contributed by atoms with Gasteiger partial charge < -0.3 is 17.2 Å². The van der Waals surface area contributed by atoms with E-state index in [2.05, 4.69) is 45.0 Å². The zero-order valence-electron chi connectivity index (χ0n) is 19.8. The van der Waals surface area contributed by atoms with Crippen molar-refractivity contribution in [2.75, 3.05) is 0 Å². The Bertz CT molecular complexity index is 1100. The fourth-order valence-corrected chi connectivity index (χ4v) is 4.90. The second-order valence-corrected chi connectivity index (χ2v) is 9.41. The molecule has 5 nitrogen and oxygen atoms in total. The molecule has 8 heteroatoms. The molecule has 3 rings (SSSR count). The normalized spacial score (nSPS) is 10.5. The van der Waals surface area contributed by atoms with Crippen LogP contribution in [0.25, 0.3) is 11.1 Å². The van der Waals surface area contributed by atoms with E-state index in [0.717, 1.165) is 50.5 Å². The lowest BCUT2D eigenvalue weighted by Gasteiger charge is -2.21. The van der Waals surface area contributed by atoms with E-state index in [-0.39, 0.29) is 24.8 Å². The van der Waals surface area contributed by atoms with Crippen LogP contribution in [-0.2, 0) is 25.3 Å². The lowest BCUT2D eigenvalue weighted by atomic mass is 9.90. The molecule has 0 fully saturated rings. The van der Waals surface area contributed by atoms with Gasteiger partial charge in [-0.3, -0.25) is 9.78 Å². The molecule has 0 bridgehead atoms. The van der Waals surface area contributed by atoms with Crippen molar-refractivity contribution in [3.8, 4) is 11.1 Å². The summed E-state index contributed by atoms with van der Waals surface area (Å²) >= 11 is 1.67. The van der Waals surface area contributed by atoms with Crippen LogP contribution < -0.4 is 17.2 Å². The van der Waals surface area contributed by atoms with E-state index in [1.165, 1.54) is 0 Å². The van der Waals surface area contributed by atoms with Gasteiger partial charge in [-0.05, 0) is 65.3 Å². The SMILES string of the molecule is Cc1nc(CC(C)C)c(CN)c(-c2ccc(CN)cc2)c1CSc1cccc(C(N)=O)c1.Cl.Cl. The molecule has 184 valence electrons. The van der Waals surface area contributed by atoms with Crippen LogP contribution >= 0.6 is 36.6 Å². The average Bonchev–Trinajstić information content (AvgIpc) is 2.78. The quantitative estimate of drug-likeness (QED) is 0.327. The predicted molar refractivity (Wildman–Crippen MR) is 148 cm³/mol. The summed E-state index contributed by atoms with van der Waals surface area (Å²) < 4.78 is 0. The molecule has 1 amide bonds. The maximum absolute atomic E-state index is 11.6. The van der Waals surface area contributed by atoms with Crippen molar-refractivity contribution in [1.29, 1.82) is 0 Å². The minimum atomic E-state index is -0.422. The van der Waals surface area contributed by atoms with Crippen LogP contribution in [0, 0.1) is 12.8 Å². The Kier molecular flexibility index (Phi) is 12.1. The molecule has 0 aliphatic carbocycles. The highest BCUT2D eigenvalue weighted by Gasteiger charge is 2.19. The molecule has 0 radical (unpaired) electrons. The molecule has 0 spiro atoms. The number of primary amides is 1. The van der Waals surface area contributed by atoms with Crippen LogP contribution in [0.2, 0.25) is 0 Å². The molecular weight excluding hydrogens is 487 g/mol. The summed E-state index contributed by atoms with van der Waals surface area (Å²) in [4.78, 5) is 17.5. The summed E-state index contributed by atoms with van der Waals surface area (Å²) in [6, 6.07) is 15.8. The number of rotatable bonds is 9. The maximum Gasteiger partial charge on any atom is 0.248 e. The smallest absolute Gasteiger partial charge is 0.248 e. The monoisotopic (exact) mass is 520 g/mol. The highest BCUT2D eigenvalue weighted by Crippen LogP contribution is 2.36. The second kappa shape index (κ2) is 13.7. The predicted octanol–water partition coefficient (Wildman–Crippen LogP) is 5.41. The number of pyridine rings is 1. The van der Waals surface area contributed by atoms with Gasteiger partial charge in [-0.15, -0.1) is 36.6 Å². The summed E-state index contributed by atoms with van der Waals surface area (Å²) in [5.41, 5.74) is 25.8. The maximum atomic E-state index is 11.6. The van der Waals surface area contributed by atoms with Crippen LogP contribution in [0.3, 0.4) is 0 Å². The molecule has 3 aromatic rings. The van der Waals surface area contributed by atoms with Gasteiger partial charge in [0.1, 0.15) is 0 Å². The van der Waals surface area contributed by atoms with Crippen molar-refractivity contribution in [2.45, 2.75) is 50.9 Å². The highest BCUT2D eigenvalue weighted by atomic mass is 35.5. The van der Waals surface area contributed by atoms with E-state index in [1.54, 1.807) is 17.8 Å². The Hall–Kier alpha value is -2.09. The molecule has 0 unspecified atom stereocenters. The molecule has 0 aliphatic heterocycles. The number of nitrogens with two attached hydrogens (primary N) is 3. The zero-order chi connectivity index (χ0) is 23.3. The Balaban J connectivity index is 0.00000289. The highest BCUT2D eigenvalue weighted by molar-refractivity contribution is 7.98. The number of halogens is 2. The molecule has 1 heterocycles. The average molecular weight is 522 g/mol. The summed E-state index contributed by atoms with van der Waals surface area (Å²) in [6.07, 6.45) is 0.884. The van der Waals surface area contributed by atoms with Crippen LogP contribution in [0.5, 0.6) is 0 Å². The molecule has 34 heavy (non-hydrogen) atoms. The van der Waals surface area contributed by atoms with Gasteiger partial charge in [-0.1, -0.05) is 44.2 Å². The van der Waals surface area contributed by atoms with Gasteiger partial charge >= 0.3 is 0 Å². The first kappa shape index (κ1) is 29.9. The summed E-state index contributed by atoms with van der Waals surface area (Å²) in [5.74, 6) is 0.773. The van der Waals surface area contributed by atoms with Crippen molar-refractivity contribution in [3.63, 3.8) is 0 Å². The lowest BCUT2D eigenvalue weighted by molar-refractivity contribution is 0.1000. The number of benzene rings is 2. The van der Waals surface area contributed by atoms with E-state index >= 15 is 0 Å². The van der Waals surface area contributed by atoms with E-state index in [1.807, 2.05) is 18.2 Å². The van der Waals surface area contributed by atoms with Crippen LogP contribution in [0.15, 0.2) is 53.4 Å². The summed E-state index contributed by atoms with van der Waals surface area (Å²) in [6.45, 7) is 7.40. The van der Waals surface area contributed by atoms with Gasteiger partial charge in [0.15, 0.2) is 0 Å². The first-order valence-corrected chi connectivity index (χ1v) is 11.9. The standard InChI is InChI=1S/C26H32N4OS.2ClH/c1-16(2)11-24-22(14-28)25(19-9-7-18(13-27)8-10-19)23(17(3)30-24)15-32-21-6-4-5-20(12-21)26(29)31;;/h4-10,12,16H,11,13-15,27-28H2,1-3H3,(H2,29,31);2*1H. The third-order valence-corrected chi connectivity index (χ3v) is 6.50. The number of aromatic nitrogens is 1.